The first-order valence-electron chi connectivity index (χ1n) is 8.26. The minimum absolute atomic E-state index is 0.141. The molecule has 0 saturated heterocycles. The molecule has 0 spiro atoms. The van der Waals surface area contributed by atoms with E-state index in [-0.39, 0.29) is 5.75 Å². The lowest BCUT2D eigenvalue weighted by Crippen LogP contribution is -2.04. The maximum Gasteiger partial charge on any atom is 0.416 e. The van der Waals surface area contributed by atoms with Crippen LogP contribution in [0.2, 0.25) is 0 Å². The van der Waals surface area contributed by atoms with Gasteiger partial charge in [-0.1, -0.05) is 24.3 Å². The minimum atomic E-state index is -4.40. The number of hydrogen-bond acceptors (Lipinski definition) is 3. The number of halogens is 3. The number of ether oxygens (including phenoxy) is 2. The lowest BCUT2D eigenvalue weighted by molar-refractivity contribution is -0.137. The van der Waals surface area contributed by atoms with Crippen LogP contribution in [-0.4, -0.2) is 7.11 Å². The first kappa shape index (κ1) is 18.6. The van der Waals surface area contributed by atoms with E-state index in [1.165, 1.54) is 12.1 Å². The zero-order valence-electron chi connectivity index (χ0n) is 14.6. The molecule has 140 valence electrons. The van der Waals surface area contributed by atoms with Gasteiger partial charge in [0.05, 0.1) is 12.7 Å². The van der Waals surface area contributed by atoms with Crippen molar-refractivity contribution in [2.75, 3.05) is 12.4 Å². The second-order valence-corrected chi connectivity index (χ2v) is 5.86. The summed E-state index contributed by atoms with van der Waals surface area (Å²) < 4.78 is 49.2. The fourth-order valence-corrected chi connectivity index (χ4v) is 2.53. The van der Waals surface area contributed by atoms with E-state index in [2.05, 4.69) is 5.32 Å². The van der Waals surface area contributed by atoms with E-state index in [4.69, 9.17) is 9.47 Å². The minimum Gasteiger partial charge on any atom is -0.497 e. The molecule has 3 rings (SSSR count). The molecule has 27 heavy (non-hydrogen) atoms. The Bertz CT molecular complexity index is 910. The third-order valence-electron chi connectivity index (χ3n) is 3.86. The van der Waals surface area contributed by atoms with Gasteiger partial charge in [0, 0.05) is 18.3 Å². The van der Waals surface area contributed by atoms with E-state index in [1.807, 2.05) is 30.3 Å². The number of rotatable bonds is 6. The second-order valence-electron chi connectivity index (χ2n) is 5.86. The van der Waals surface area contributed by atoms with Crippen LogP contribution in [0, 0.1) is 0 Å². The first-order valence-corrected chi connectivity index (χ1v) is 8.26. The summed E-state index contributed by atoms with van der Waals surface area (Å²) in [6.07, 6.45) is -4.40. The predicted molar refractivity (Wildman–Crippen MR) is 98.3 cm³/mol. The van der Waals surface area contributed by atoms with Gasteiger partial charge in [-0.05, 0) is 48.0 Å². The van der Waals surface area contributed by atoms with Gasteiger partial charge in [-0.25, -0.2) is 0 Å². The second kappa shape index (κ2) is 8.03. The van der Waals surface area contributed by atoms with Crippen molar-refractivity contribution in [2.45, 2.75) is 12.7 Å². The van der Waals surface area contributed by atoms with Gasteiger partial charge in [0.25, 0.3) is 0 Å². The Hall–Kier alpha value is -3.15. The summed E-state index contributed by atoms with van der Waals surface area (Å²) in [5, 5.41) is 3.27. The molecule has 0 unspecified atom stereocenters. The normalized spacial score (nSPS) is 11.1. The van der Waals surface area contributed by atoms with Crippen LogP contribution in [0.3, 0.4) is 0 Å². The molecule has 0 bridgehead atoms. The number of alkyl halides is 3. The average molecular weight is 373 g/mol. The summed E-state index contributed by atoms with van der Waals surface area (Å²) in [6, 6.07) is 19.6. The van der Waals surface area contributed by atoms with Gasteiger partial charge in [0.15, 0.2) is 0 Å². The molecule has 0 aliphatic rings. The third-order valence-corrected chi connectivity index (χ3v) is 3.86. The molecule has 1 N–H and O–H groups in total. The van der Waals surface area contributed by atoms with Crippen LogP contribution in [-0.2, 0) is 12.7 Å². The molecule has 3 nitrogen and oxygen atoms in total. The molecule has 0 aromatic heterocycles. The lowest BCUT2D eigenvalue weighted by Gasteiger charge is -2.12. The van der Waals surface area contributed by atoms with Crippen LogP contribution in [0.1, 0.15) is 11.1 Å². The highest BCUT2D eigenvalue weighted by Gasteiger charge is 2.30. The molecule has 0 saturated carbocycles. The van der Waals surface area contributed by atoms with Crippen molar-refractivity contribution in [3.63, 3.8) is 0 Å². The van der Waals surface area contributed by atoms with Gasteiger partial charge in [-0.3, -0.25) is 0 Å². The Kier molecular flexibility index (Phi) is 5.54. The van der Waals surface area contributed by atoms with Crippen LogP contribution in [0.4, 0.5) is 18.9 Å². The molecule has 0 amide bonds. The van der Waals surface area contributed by atoms with Crippen molar-refractivity contribution in [2.24, 2.45) is 0 Å². The van der Waals surface area contributed by atoms with E-state index in [0.717, 1.165) is 29.1 Å². The maximum atomic E-state index is 12.8. The van der Waals surface area contributed by atoms with E-state index in [9.17, 15) is 13.2 Å². The molecule has 0 aliphatic carbocycles. The Morgan fingerprint density at radius 3 is 2.22 bits per heavy atom. The fourth-order valence-electron chi connectivity index (χ4n) is 2.53. The number of methoxy groups -OCH3 is 1. The van der Waals surface area contributed by atoms with Crippen LogP contribution in [0.25, 0.3) is 0 Å². The number of nitrogens with one attached hydrogen (secondary N) is 1. The van der Waals surface area contributed by atoms with Crippen molar-refractivity contribution in [1.29, 1.82) is 0 Å². The van der Waals surface area contributed by atoms with Crippen LogP contribution >= 0.6 is 0 Å². The highest BCUT2D eigenvalue weighted by Crippen LogP contribution is 2.32. The Balaban J connectivity index is 1.68. The molecule has 6 heteroatoms. The number of benzene rings is 3. The van der Waals surface area contributed by atoms with Crippen LogP contribution < -0.4 is 14.8 Å². The topological polar surface area (TPSA) is 30.5 Å². The zero-order chi connectivity index (χ0) is 19.3. The van der Waals surface area contributed by atoms with E-state index < -0.39 is 11.7 Å². The standard InChI is InChI=1S/C21H18F3NO2/c1-26-18-8-4-7-17(13-18)25-14-15-5-2-9-19(11-15)27-20-10-3-6-16(12-20)21(22,23)24/h2-13,25H,14H2,1H3. The molecule has 0 atom stereocenters. The molecule has 0 heterocycles. The summed E-state index contributed by atoms with van der Waals surface area (Å²) in [7, 11) is 1.60. The van der Waals surface area contributed by atoms with E-state index in [0.29, 0.717) is 12.3 Å². The van der Waals surface area contributed by atoms with Crippen molar-refractivity contribution in [3.05, 3.63) is 83.9 Å². The highest BCUT2D eigenvalue weighted by molar-refractivity contribution is 5.49. The SMILES string of the molecule is COc1cccc(NCc2cccc(Oc3cccc(C(F)(F)F)c3)c2)c1. The van der Waals surface area contributed by atoms with Crippen molar-refractivity contribution in [3.8, 4) is 17.2 Å². The summed E-state index contributed by atoms with van der Waals surface area (Å²) >= 11 is 0. The monoisotopic (exact) mass is 373 g/mol. The third kappa shape index (κ3) is 5.17. The largest absolute Gasteiger partial charge is 0.497 e. The number of anilines is 1. The zero-order valence-corrected chi connectivity index (χ0v) is 14.6. The summed E-state index contributed by atoms with van der Waals surface area (Å²) in [5.41, 5.74) is 1.09. The van der Waals surface area contributed by atoms with Gasteiger partial charge in [0.1, 0.15) is 17.2 Å². The van der Waals surface area contributed by atoms with E-state index >= 15 is 0 Å². The number of hydrogen-bond donors (Lipinski definition) is 1. The fraction of sp³-hybridized carbons (Fsp3) is 0.143. The summed E-state index contributed by atoms with van der Waals surface area (Å²) in [5.74, 6) is 1.36. The van der Waals surface area contributed by atoms with E-state index in [1.54, 1.807) is 25.3 Å². The molecule has 3 aromatic carbocycles. The Morgan fingerprint density at radius 2 is 1.48 bits per heavy atom. The molecular formula is C21H18F3NO2. The predicted octanol–water partition coefficient (Wildman–Crippen LogP) is 6.12. The van der Waals surface area contributed by atoms with Crippen LogP contribution in [0.5, 0.6) is 17.2 Å². The maximum absolute atomic E-state index is 12.8. The quantitative estimate of drug-likeness (QED) is 0.565. The smallest absolute Gasteiger partial charge is 0.416 e. The first-order chi connectivity index (χ1) is 12.9. The van der Waals surface area contributed by atoms with Crippen molar-refractivity contribution >= 4 is 5.69 Å². The van der Waals surface area contributed by atoms with Gasteiger partial charge in [-0.15, -0.1) is 0 Å². The lowest BCUT2D eigenvalue weighted by atomic mass is 10.2. The summed E-state index contributed by atoms with van der Waals surface area (Å²) in [6.45, 7) is 0.535. The van der Waals surface area contributed by atoms with Gasteiger partial charge in [-0.2, -0.15) is 13.2 Å². The molecule has 0 radical (unpaired) electrons. The summed E-state index contributed by atoms with van der Waals surface area (Å²) in [4.78, 5) is 0. The van der Waals surface area contributed by atoms with Crippen LogP contribution in [0.15, 0.2) is 72.8 Å². The molecule has 3 aromatic rings. The molecule has 0 fully saturated rings. The van der Waals surface area contributed by atoms with Crippen molar-refractivity contribution < 1.29 is 22.6 Å². The molecular weight excluding hydrogens is 355 g/mol. The molecule has 0 aliphatic heterocycles. The average Bonchev–Trinajstić information content (AvgIpc) is 2.66. The Labute approximate surface area is 155 Å². The van der Waals surface area contributed by atoms with Gasteiger partial charge >= 0.3 is 6.18 Å². The Morgan fingerprint density at radius 1 is 0.815 bits per heavy atom. The van der Waals surface area contributed by atoms with Gasteiger partial charge in [0.2, 0.25) is 0 Å². The van der Waals surface area contributed by atoms with Crippen molar-refractivity contribution in [1.82, 2.24) is 0 Å². The van der Waals surface area contributed by atoms with Gasteiger partial charge < -0.3 is 14.8 Å². The highest BCUT2D eigenvalue weighted by atomic mass is 19.4.